The van der Waals surface area contributed by atoms with Crippen LogP contribution in [-0.4, -0.2) is 55.7 Å². The van der Waals surface area contributed by atoms with E-state index < -0.39 is 0 Å². The predicted molar refractivity (Wildman–Crippen MR) is 140 cm³/mol. The molecule has 10 nitrogen and oxygen atoms in total. The first kappa shape index (κ1) is 22.3. The number of aromatic nitrogens is 5. The summed E-state index contributed by atoms with van der Waals surface area (Å²) in [7, 11) is 1.82. The molecule has 36 heavy (non-hydrogen) atoms. The number of nitrogens with one attached hydrogen (secondary N) is 2. The molecule has 0 unspecified atom stereocenters. The lowest BCUT2D eigenvalue weighted by atomic mass is 9.93. The Labute approximate surface area is 208 Å². The fourth-order valence-electron chi connectivity index (χ4n) is 5.05. The van der Waals surface area contributed by atoms with Gasteiger partial charge in [0.1, 0.15) is 18.2 Å². The molecule has 4 N–H and O–H groups in total. The SMILES string of the molecule is Cc1c(-c2cc3cc(Nc4cc5n(n4)CC(=O)N(C)CC5)ncc3c(N)n2)cnc2c1NCC[C@H]2C. The normalized spacial score (nSPS) is 17.4. The Balaban J connectivity index is 1.34. The Hall–Kier alpha value is -4.21. The molecule has 2 aliphatic rings. The van der Waals surface area contributed by atoms with Gasteiger partial charge in [0.25, 0.3) is 0 Å². The molecule has 0 aliphatic carbocycles. The van der Waals surface area contributed by atoms with Crippen LogP contribution in [0.15, 0.2) is 30.6 Å². The van der Waals surface area contributed by atoms with Crippen LogP contribution in [0.1, 0.15) is 36.2 Å². The van der Waals surface area contributed by atoms with Crippen LogP contribution in [-0.2, 0) is 17.8 Å². The third kappa shape index (κ3) is 3.78. The molecule has 4 aromatic rings. The zero-order valence-corrected chi connectivity index (χ0v) is 20.7. The van der Waals surface area contributed by atoms with E-state index in [0.717, 1.165) is 64.1 Å². The quantitative estimate of drug-likeness (QED) is 0.404. The number of nitrogens with zero attached hydrogens (tertiary/aromatic N) is 6. The highest BCUT2D eigenvalue weighted by Crippen LogP contribution is 2.37. The molecule has 6 rings (SSSR count). The van der Waals surface area contributed by atoms with E-state index in [-0.39, 0.29) is 12.5 Å². The maximum absolute atomic E-state index is 12.2. The van der Waals surface area contributed by atoms with Crippen LogP contribution < -0.4 is 16.4 Å². The minimum absolute atomic E-state index is 0.0550. The Morgan fingerprint density at radius 3 is 2.89 bits per heavy atom. The first-order valence-corrected chi connectivity index (χ1v) is 12.2. The van der Waals surface area contributed by atoms with Gasteiger partial charge in [-0.3, -0.25) is 14.5 Å². The van der Waals surface area contributed by atoms with Crippen molar-refractivity contribution in [3.8, 4) is 11.3 Å². The molecule has 0 spiro atoms. The molecule has 4 aromatic heterocycles. The van der Waals surface area contributed by atoms with Crippen molar-refractivity contribution in [2.75, 3.05) is 36.5 Å². The van der Waals surface area contributed by atoms with Crippen molar-refractivity contribution in [3.05, 3.63) is 47.5 Å². The van der Waals surface area contributed by atoms with E-state index in [4.69, 9.17) is 10.7 Å². The number of carbonyl (C=O) groups excluding carboxylic acids is 1. The number of carbonyl (C=O) groups is 1. The van der Waals surface area contributed by atoms with Gasteiger partial charge in [-0.25, -0.2) is 9.97 Å². The van der Waals surface area contributed by atoms with Gasteiger partial charge in [0.15, 0.2) is 5.82 Å². The van der Waals surface area contributed by atoms with Crippen LogP contribution in [0.5, 0.6) is 0 Å². The topological polar surface area (TPSA) is 127 Å². The van der Waals surface area contributed by atoms with Crippen molar-refractivity contribution in [3.63, 3.8) is 0 Å². The number of hydrogen-bond donors (Lipinski definition) is 3. The molecule has 10 heteroatoms. The molecule has 184 valence electrons. The molecular weight excluding hydrogens is 454 g/mol. The first-order valence-electron chi connectivity index (χ1n) is 12.2. The third-order valence-corrected chi connectivity index (χ3v) is 7.27. The minimum Gasteiger partial charge on any atom is -0.383 e. The fourth-order valence-corrected chi connectivity index (χ4v) is 5.05. The number of nitrogens with two attached hydrogens (primary N) is 1. The number of fused-ring (bicyclic) bond motifs is 3. The largest absolute Gasteiger partial charge is 0.383 e. The summed E-state index contributed by atoms with van der Waals surface area (Å²) in [4.78, 5) is 27.9. The molecule has 2 aliphatic heterocycles. The van der Waals surface area contributed by atoms with Crippen molar-refractivity contribution < 1.29 is 4.79 Å². The average Bonchev–Trinajstić information content (AvgIpc) is 3.17. The van der Waals surface area contributed by atoms with Gasteiger partial charge in [0, 0.05) is 67.6 Å². The van der Waals surface area contributed by atoms with Crippen molar-refractivity contribution in [1.82, 2.24) is 29.6 Å². The summed E-state index contributed by atoms with van der Waals surface area (Å²) >= 11 is 0. The van der Waals surface area contributed by atoms with Gasteiger partial charge in [0.05, 0.1) is 17.1 Å². The van der Waals surface area contributed by atoms with Gasteiger partial charge >= 0.3 is 0 Å². The number of amides is 1. The Kier molecular flexibility index (Phi) is 5.24. The Morgan fingerprint density at radius 2 is 2.03 bits per heavy atom. The van der Waals surface area contributed by atoms with Crippen LogP contribution >= 0.6 is 0 Å². The zero-order chi connectivity index (χ0) is 25.0. The highest BCUT2D eigenvalue weighted by atomic mass is 16.2. The van der Waals surface area contributed by atoms with Gasteiger partial charge in [0.2, 0.25) is 5.91 Å². The van der Waals surface area contributed by atoms with Gasteiger partial charge in [-0.05, 0) is 36.4 Å². The smallest absolute Gasteiger partial charge is 0.244 e. The van der Waals surface area contributed by atoms with Gasteiger partial charge in [-0.15, -0.1) is 0 Å². The molecule has 0 saturated carbocycles. The standard InChI is InChI=1S/C26H29N9O/c1-14-4-6-28-25-15(2)18(11-30-24(14)25)20-8-16-9-21(29-12-19(16)26(27)31-20)32-22-10-17-5-7-34(3)23(36)13-35(17)33-22/h8-12,14,28H,4-7,13H2,1-3H3,(H2,27,31)(H,29,32,33)/t14-/m1/s1. The van der Waals surface area contributed by atoms with Gasteiger partial charge in [-0.2, -0.15) is 5.10 Å². The maximum Gasteiger partial charge on any atom is 0.244 e. The summed E-state index contributed by atoms with van der Waals surface area (Å²) in [5.74, 6) is 2.22. The molecule has 0 fully saturated rings. The van der Waals surface area contributed by atoms with E-state index >= 15 is 0 Å². The summed E-state index contributed by atoms with van der Waals surface area (Å²) in [5.41, 5.74) is 12.5. The van der Waals surface area contributed by atoms with Gasteiger partial charge < -0.3 is 21.3 Å². The monoisotopic (exact) mass is 483 g/mol. The van der Waals surface area contributed by atoms with E-state index in [1.807, 2.05) is 31.4 Å². The molecule has 1 amide bonds. The van der Waals surface area contributed by atoms with Crippen LogP contribution in [0.25, 0.3) is 22.0 Å². The van der Waals surface area contributed by atoms with Crippen molar-refractivity contribution in [1.29, 1.82) is 0 Å². The summed E-state index contributed by atoms with van der Waals surface area (Å²) in [6.45, 7) is 6.18. The second kappa shape index (κ2) is 8.47. The summed E-state index contributed by atoms with van der Waals surface area (Å²) < 4.78 is 1.76. The van der Waals surface area contributed by atoms with E-state index in [2.05, 4.69) is 39.5 Å². The number of pyridine rings is 3. The summed E-state index contributed by atoms with van der Waals surface area (Å²) in [6.07, 6.45) is 5.47. The Morgan fingerprint density at radius 1 is 1.17 bits per heavy atom. The van der Waals surface area contributed by atoms with E-state index in [0.29, 0.717) is 29.9 Å². The first-order chi connectivity index (χ1) is 17.4. The van der Waals surface area contributed by atoms with Crippen LogP contribution in [0.3, 0.4) is 0 Å². The second-order valence-electron chi connectivity index (χ2n) is 9.73. The molecule has 6 heterocycles. The molecule has 0 saturated heterocycles. The lowest BCUT2D eigenvalue weighted by Crippen LogP contribution is -2.29. The molecular formula is C26H29N9O. The van der Waals surface area contributed by atoms with Crippen molar-refractivity contribution >= 4 is 39.8 Å². The lowest BCUT2D eigenvalue weighted by Gasteiger charge is -2.25. The van der Waals surface area contributed by atoms with Crippen molar-refractivity contribution in [2.24, 2.45) is 0 Å². The Bertz CT molecular complexity index is 1510. The van der Waals surface area contributed by atoms with Gasteiger partial charge in [-0.1, -0.05) is 6.92 Å². The molecule has 1 atom stereocenters. The number of hydrogen-bond acceptors (Lipinski definition) is 8. The van der Waals surface area contributed by atoms with Crippen molar-refractivity contribution in [2.45, 2.75) is 39.2 Å². The zero-order valence-electron chi connectivity index (χ0n) is 20.7. The third-order valence-electron chi connectivity index (χ3n) is 7.27. The highest BCUT2D eigenvalue weighted by Gasteiger charge is 2.22. The number of nitrogen functional groups attached to an aromatic ring is 1. The van der Waals surface area contributed by atoms with Crippen LogP contribution in [0, 0.1) is 6.92 Å². The molecule has 0 aromatic carbocycles. The van der Waals surface area contributed by atoms with E-state index in [1.165, 1.54) is 0 Å². The average molecular weight is 484 g/mol. The number of likely N-dealkylation sites (N-methyl/N-ethyl adjacent to an activating group) is 1. The maximum atomic E-state index is 12.2. The fraction of sp³-hybridized carbons (Fsp3) is 0.346. The number of anilines is 4. The van der Waals surface area contributed by atoms with E-state index in [1.54, 1.807) is 15.8 Å². The minimum atomic E-state index is 0.0550. The highest BCUT2D eigenvalue weighted by molar-refractivity contribution is 5.95. The lowest BCUT2D eigenvalue weighted by molar-refractivity contribution is -0.130. The predicted octanol–water partition coefficient (Wildman–Crippen LogP) is 3.46. The second-order valence-corrected chi connectivity index (χ2v) is 9.73. The molecule has 0 bridgehead atoms. The molecule has 0 radical (unpaired) electrons. The number of rotatable bonds is 3. The van der Waals surface area contributed by atoms with Crippen LogP contribution in [0.2, 0.25) is 0 Å². The van der Waals surface area contributed by atoms with Crippen LogP contribution in [0.4, 0.5) is 23.1 Å². The van der Waals surface area contributed by atoms with E-state index in [9.17, 15) is 4.79 Å². The summed E-state index contributed by atoms with van der Waals surface area (Å²) in [5, 5.41) is 13.1. The summed E-state index contributed by atoms with van der Waals surface area (Å²) in [6, 6.07) is 5.95.